The van der Waals surface area contributed by atoms with Crippen LogP contribution < -0.4 is 10.6 Å². The maximum absolute atomic E-state index is 13.1. The predicted octanol–water partition coefficient (Wildman–Crippen LogP) is 1.14. The molecule has 1 aliphatic heterocycles. The summed E-state index contributed by atoms with van der Waals surface area (Å²) in [5.74, 6) is -0.555. The third-order valence-electron chi connectivity index (χ3n) is 3.01. The zero-order chi connectivity index (χ0) is 13.1. The summed E-state index contributed by atoms with van der Waals surface area (Å²) in [5.41, 5.74) is 0.870. The summed E-state index contributed by atoms with van der Waals surface area (Å²) in [4.78, 5) is 22.8. The van der Waals surface area contributed by atoms with Gasteiger partial charge in [-0.1, -0.05) is 0 Å². The Morgan fingerprint density at radius 3 is 2.94 bits per heavy atom. The summed E-state index contributed by atoms with van der Waals surface area (Å²) < 4.78 is 13.1. The molecule has 0 saturated carbocycles. The van der Waals surface area contributed by atoms with Gasteiger partial charge in [0.1, 0.15) is 5.82 Å². The SMILES string of the molecule is Cc1cc(C(=O)NCC2CCC(=O)N2)ccc1F. The minimum Gasteiger partial charge on any atom is -0.352 e. The van der Waals surface area contributed by atoms with Gasteiger partial charge in [-0.3, -0.25) is 9.59 Å². The van der Waals surface area contributed by atoms with Gasteiger partial charge in [-0.25, -0.2) is 4.39 Å². The van der Waals surface area contributed by atoms with Crippen LogP contribution in [0.5, 0.6) is 0 Å². The van der Waals surface area contributed by atoms with Crippen LogP contribution in [0.15, 0.2) is 18.2 Å². The average Bonchev–Trinajstić information content (AvgIpc) is 2.75. The molecule has 0 aliphatic carbocycles. The molecule has 1 aliphatic rings. The van der Waals surface area contributed by atoms with E-state index in [4.69, 9.17) is 0 Å². The molecule has 1 atom stereocenters. The van der Waals surface area contributed by atoms with Gasteiger partial charge in [0.15, 0.2) is 0 Å². The first-order valence-electron chi connectivity index (χ1n) is 5.90. The monoisotopic (exact) mass is 250 g/mol. The maximum atomic E-state index is 13.1. The minimum atomic E-state index is -0.324. The topological polar surface area (TPSA) is 58.2 Å². The van der Waals surface area contributed by atoms with Gasteiger partial charge in [-0.05, 0) is 37.1 Å². The second-order valence-corrected chi connectivity index (χ2v) is 4.48. The van der Waals surface area contributed by atoms with E-state index in [2.05, 4.69) is 10.6 Å². The number of halogens is 1. The van der Waals surface area contributed by atoms with Crippen LogP contribution in [-0.4, -0.2) is 24.4 Å². The standard InChI is InChI=1S/C13H15FN2O2/c1-8-6-9(2-4-11(8)14)13(18)15-7-10-3-5-12(17)16-10/h2,4,6,10H,3,5,7H2,1H3,(H,15,18)(H,16,17). The number of rotatable bonds is 3. The zero-order valence-electron chi connectivity index (χ0n) is 10.1. The second kappa shape index (κ2) is 5.16. The van der Waals surface area contributed by atoms with Crippen LogP contribution in [0.4, 0.5) is 4.39 Å². The van der Waals surface area contributed by atoms with Crippen LogP contribution >= 0.6 is 0 Å². The van der Waals surface area contributed by atoms with Crippen molar-refractivity contribution in [3.63, 3.8) is 0 Å². The molecule has 96 valence electrons. The Bertz CT molecular complexity index is 488. The van der Waals surface area contributed by atoms with Crippen molar-refractivity contribution >= 4 is 11.8 Å². The van der Waals surface area contributed by atoms with E-state index in [9.17, 15) is 14.0 Å². The van der Waals surface area contributed by atoms with Gasteiger partial charge < -0.3 is 10.6 Å². The van der Waals surface area contributed by atoms with Crippen molar-refractivity contribution in [1.82, 2.24) is 10.6 Å². The molecule has 4 nitrogen and oxygen atoms in total. The molecule has 2 N–H and O–H groups in total. The van der Waals surface area contributed by atoms with Crippen molar-refractivity contribution in [1.29, 1.82) is 0 Å². The van der Waals surface area contributed by atoms with Crippen molar-refractivity contribution < 1.29 is 14.0 Å². The van der Waals surface area contributed by atoms with Crippen LogP contribution in [0, 0.1) is 12.7 Å². The van der Waals surface area contributed by atoms with E-state index in [1.807, 2.05) is 0 Å². The van der Waals surface area contributed by atoms with E-state index in [1.165, 1.54) is 18.2 Å². The summed E-state index contributed by atoms with van der Waals surface area (Å²) in [5, 5.41) is 5.50. The van der Waals surface area contributed by atoms with Gasteiger partial charge >= 0.3 is 0 Å². The molecule has 0 aromatic heterocycles. The predicted molar refractivity (Wildman–Crippen MR) is 64.6 cm³/mol. The molecule has 0 bridgehead atoms. The Hall–Kier alpha value is -1.91. The first kappa shape index (κ1) is 12.5. The van der Waals surface area contributed by atoms with E-state index in [0.717, 1.165) is 6.42 Å². The number of benzene rings is 1. The van der Waals surface area contributed by atoms with Crippen LogP contribution in [0.1, 0.15) is 28.8 Å². The summed E-state index contributed by atoms with van der Waals surface area (Å²) >= 11 is 0. The molecule has 18 heavy (non-hydrogen) atoms. The van der Waals surface area contributed by atoms with Gasteiger partial charge in [0.25, 0.3) is 5.91 Å². The molecule has 1 aromatic carbocycles. The van der Waals surface area contributed by atoms with E-state index in [-0.39, 0.29) is 23.7 Å². The van der Waals surface area contributed by atoms with Gasteiger partial charge in [0, 0.05) is 24.6 Å². The van der Waals surface area contributed by atoms with Gasteiger partial charge in [-0.2, -0.15) is 0 Å². The second-order valence-electron chi connectivity index (χ2n) is 4.48. The number of amides is 2. The lowest BCUT2D eigenvalue weighted by Gasteiger charge is -2.11. The Morgan fingerprint density at radius 1 is 1.56 bits per heavy atom. The third-order valence-corrected chi connectivity index (χ3v) is 3.01. The normalized spacial score (nSPS) is 18.6. The third kappa shape index (κ3) is 2.85. The van der Waals surface area contributed by atoms with E-state index in [0.29, 0.717) is 24.1 Å². The summed E-state index contributed by atoms with van der Waals surface area (Å²) in [7, 11) is 0. The first-order valence-corrected chi connectivity index (χ1v) is 5.90. The fraction of sp³-hybridized carbons (Fsp3) is 0.385. The minimum absolute atomic E-state index is 0.00277. The number of nitrogens with one attached hydrogen (secondary N) is 2. The Labute approximate surface area is 105 Å². The van der Waals surface area contributed by atoms with E-state index < -0.39 is 0 Å². The molecule has 1 unspecified atom stereocenters. The van der Waals surface area contributed by atoms with E-state index >= 15 is 0 Å². The van der Waals surface area contributed by atoms with Crippen LogP contribution in [-0.2, 0) is 4.79 Å². The largest absolute Gasteiger partial charge is 0.352 e. The van der Waals surface area contributed by atoms with E-state index in [1.54, 1.807) is 6.92 Å². The Morgan fingerprint density at radius 2 is 2.33 bits per heavy atom. The maximum Gasteiger partial charge on any atom is 0.251 e. The highest BCUT2D eigenvalue weighted by molar-refractivity contribution is 5.94. The van der Waals surface area contributed by atoms with Crippen LogP contribution in [0.3, 0.4) is 0 Å². The molecule has 5 heteroatoms. The lowest BCUT2D eigenvalue weighted by atomic mass is 10.1. The van der Waals surface area contributed by atoms with Crippen LogP contribution in [0.25, 0.3) is 0 Å². The smallest absolute Gasteiger partial charge is 0.251 e. The van der Waals surface area contributed by atoms with Crippen molar-refractivity contribution in [2.45, 2.75) is 25.8 Å². The fourth-order valence-corrected chi connectivity index (χ4v) is 1.93. The lowest BCUT2D eigenvalue weighted by Crippen LogP contribution is -2.38. The molecule has 0 spiro atoms. The summed E-state index contributed by atoms with van der Waals surface area (Å²) in [6.07, 6.45) is 1.25. The number of aryl methyl sites for hydroxylation is 1. The number of hydrogen-bond donors (Lipinski definition) is 2. The number of hydrogen-bond acceptors (Lipinski definition) is 2. The molecule has 2 rings (SSSR count). The summed E-state index contributed by atoms with van der Waals surface area (Å²) in [6.45, 7) is 2.02. The molecule has 1 fully saturated rings. The van der Waals surface area contributed by atoms with Gasteiger partial charge in [0.2, 0.25) is 5.91 Å². The van der Waals surface area contributed by atoms with Crippen molar-refractivity contribution in [2.75, 3.05) is 6.54 Å². The number of carbonyl (C=O) groups is 2. The molecule has 0 radical (unpaired) electrons. The van der Waals surface area contributed by atoms with Crippen molar-refractivity contribution in [3.8, 4) is 0 Å². The fourth-order valence-electron chi connectivity index (χ4n) is 1.93. The molecule has 1 aromatic rings. The molecule has 1 saturated heterocycles. The molecular weight excluding hydrogens is 235 g/mol. The van der Waals surface area contributed by atoms with Crippen molar-refractivity contribution in [2.24, 2.45) is 0 Å². The van der Waals surface area contributed by atoms with Crippen molar-refractivity contribution in [3.05, 3.63) is 35.1 Å². The highest BCUT2D eigenvalue weighted by Crippen LogP contribution is 2.10. The number of carbonyl (C=O) groups excluding carboxylic acids is 2. The van der Waals surface area contributed by atoms with Crippen LogP contribution in [0.2, 0.25) is 0 Å². The quantitative estimate of drug-likeness (QED) is 0.845. The molecular formula is C13H15FN2O2. The molecule has 2 amide bonds. The zero-order valence-corrected chi connectivity index (χ0v) is 10.1. The summed E-state index contributed by atoms with van der Waals surface area (Å²) in [6, 6.07) is 4.24. The average molecular weight is 250 g/mol. The van der Waals surface area contributed by atoms with Gasteiger partial charge in [0.05, 0.1) is 0 Å². The Kier molecular flexibility index (Phi) is 3.60. The lowest BCUT2D eigenvalue weighted by molar-refractivity contribution is -0.119. The van der Waals surface area contributed by atoms with Gasteiger partial charge in [-0.15, -0.1) is 0 Å². The highest BCUT2D eigenvalue weighted by Gasteiger charge is 2.21. The first-order chi connectivity index (χ1) is 8.56. The Balaban J connectivity index is 1.91. The molecule has 1 heterocycles. The highest BCUT2D eigenvalue weighted by atomic mass is 19.1.